The summed E-state index contributed by atoms with van der Waals surface area (Å²) in [7, 11) is 2.18. The van der Waals surface area contributed by atoms with Gasteiger partial charge in [0.1, 0.15) is 0 Å². The molecule has 1 aromatic heterocycles. The number of carbonyl (C=O) groups excluding carboxylic acids is 1. The van der Waals surface area contributed by atoms with Gasteiger partial charge in [-0.05, 0) is 63.0 Å². The van der Waals surface area contributed by atoms with Crippen molar-refractivity contribution in [3.8, 4) is 0 Å². The molecule has 0 unspecified atom stereocenters. The van der Waals surface area contributed by atoms with Crippen LogP contribution in [0.25, 0.3) is 10.9 Å². The smallest absolute Gasteiger partial charge is 0.254 e. The zero-order valence-electron chi connectivity index (χ0n) is 13.1. The number of benzene rings is 1. The van der Waals surface area contributed by atoms with Gasteiger partial charge in [0.25, 0.3) is 5.91 Å². The van der Waals surface area contributed by atoms with Gasteiger partial charge < -0.3 is 14.8 Å². The van der Waals surface area contributed by atoms with Crippen LogP contribution in [0.15, 0.2) is 24.4 Å². The second-order valence-electron chi connectivity index (χ2n) is 6.79. The Balaban J connectivity index is 1.58. The Labute approximate surface area is 131 Å². The summed E-state index contributed by atoms with van der Waals surface area (Å²) < 4.78 is 0. The van der Waals surface area contributed by atoms with Gasteiger partial charge in [-0.3, -0.25) is 4.79 Å². The molecular weight excluding hydrogens is 274 g/mol. The maximum Gasteiger partial charge on any atom is 0.254 e. The van der Waals surface area contributed by atoms with Crippen molar-refractivity contribution in [2.24, 2.45) is 5.92 Å². The Morgan fingerprint density at radius 2 is 2.05 bits per heavy atom. The number of aromatic amines is 1. The zero-order chi connectivity index (χ0) is 15.1. The summed E-state index contributed by atoms with van der Waals surface area (Å²) >= 11 is 0. The molecule has 0 atom stereocenters. The van der Waals surface area contributed by atoms with E-state index in [1.807, 2.05) is 12.1 Å². The van der Waals surface area contributed by atoms with Crippen molar-refractivity contribution in [1.82, 2.24) is 14.8 Å². The van der Waals surface area contributed by atoms with E-state index >= 15 is 0 Å². The Morgan fingerprint density at radius 1 is 1.23 bits per heavy atom. The lowest BCUT2D eigenvalue weighted by molar-refractivity contribution is 0.0706. The van der Waals surface area contributed by atoms with E-state index in [2.05, 4.69) is 34.1 Å². The lowest BCUT2D eigenvalue weighted by Crippen LogP contribution is -2.40. The first-order chi connectivity index (χ1) is 10.7. The van der Waals surface area contributed by atoms with Gasteiger partial charge in [0.2, 0.25) is 0 Å². The summed E-state index contributed by atoms with van der Waals surface area (Å²) in [6.45, 7) is 4.06. The molecule has 1 amide bonds. The Hall–Kier alpha value is -1.81. The Bertz CT molecular complexity index is 697. The summed E-state index contributed by atoms with van der Waals surface area (Å²) in [5.41, 5.74) is 3.24. The number of H-pyrrole nitrogens is 1. The molecule has 116 valence electrons. The van der Waals surface area contributed by atoms with Crippen molar-refractivity contribution in [2.75, 3.05) is 33.2 Å². The van der Waals surface area contributed by atoms with E-state index in [9.17, 15) is 4.79 Å². The predicted octanol–water partition coefficient (Wildman–Crippen LogP) is 2.51. The number of rotatable bonds is 2. The third-order valence-electron chi connectivity index (χ3n) is 5.27. The lowest BCUT2D eigenvalue weighted by Gasteiger charge is -2.32. The van der Waals surface area contributed by atoms with E-state index in [0.717, 1.165) is 49.1 Å². The molecule has 0 radical (unpaired) electrons. The second-order valence-corrected chi connectivity index (χ2v) is 6.79. The summed E-state index contributed by atoms with van der Waals surface area (Å²) in [6, 6.07) is 6.02. The molecular formula is C18H23N3O. The van der Waals surface area contributed by atoms with Gasteiger partial charge in [-0.15, -0.1) is 0 Å². The number of likely N-dealkylation sites (tertiary alicyclic amines) is 1. The highest BCUT2D eigenvalue weighted by atomic mass is 16.2. The van der Waals surface area contributed by atoms with Crippen LogP contribution in [0, 0.1) is 5.92 Å². The van der Waals surface area contributed by atoms with Gasteiger partial charge in [-0.1, -0.05) is 6.07 Å². The first-order valence-electron chi connectivity index (χ1n) is 8.29. The van der Waals surface area contributed by atoms with Crippen LogP contribution in [-0.4, -0.2) is 53.9 Å². The van der Waals surface area contributed by atoms with E-state index in [0.29, 0.717) is 5.92 Å². The molecule has 0 aliphatic carbocycles. The Kier molecular flexibility index (Phi) is 3.41. The van der Waals surface area contributed by atoms with Crippen molar-refractivity contribution in [3.05, 3.63) is 35.5 Å². The summed E-state index contributed by atoms with van der Waals surface area (Å²) in [6.07, 6.45) is 5.44. The number of nitrogens with zero attached hydrogens (tertiary/aromatic N) is 2. The highest BCUT2D eigenvalue weighted by Gasteiger charge is 2.27. The number of aromatic nitrogens is 1. The maximum atomic E-state index is 13.0. The van der Waals surface area contributed by atoms with Crippen molar-refractivity contribution >= 4 is 16.8 Å². The van der Waals surface area contributed by atoms with E-state index in [4.69, 9.17) is 0 Å². The minimum Gasteiger partial charge on any atom is -0.361 e. The zero-order valence-corrected chi connectivity index (χ0v) is 13.1. The topological polar surface area (TPSA) is 39.3 Å². The molecule has 1 aromatic carbocycles. The van der Waals surface area contributed by atoms with Crippen LogP contribution < -0.4 is 0 Å². The fourth-order valence-corrected chi connectivity index (χ4v) is 3.89. The van der Waals surface area contributed by atoms with Gasteiger partial charge in [0.15, 0.2) is 0 Å². The minimum absolute atomic E-state index is 0.211. The molecule has 2 aliphatic heterocycles. The average Bonchev–Trinajstić information content (AvgIpc) is 2.90. The van der Waals surface area contributed by atoms with Gasteiger partial charge in [0, 0.05) is 35.8 Å². The van der Waals surface area contributed by atoms with Crippen molar-refractivity contribution in [2.45, 2.75) is 19.3 Å². The van der Waals surface area contributed by atoms with Crippen LogP contribution in [0.1, 0.15) is 28.8 Å². The molecule has 2 aliphatic rings. The predicted molar refractivity (Wildman–Crippen MR) is 88.1 cm³/mol. The fourth-order valence-electron chi connectivity index (χ4n) is 3.89. The van der Waals surface area contributed by atoms with Gasteiger partial charge >= 0.3 is 0 Å². The number of amides is 1. The maximum absolute atomic E-state index is 13.0. The molecule has 3 heterocycles. The number of nitrogens with one attached hydrogen (secondary N) is 1. The molecule has 4 heteroatoms. The normalized spacial score (nSPS) is 20.6. The van der Waals surface area contributed by atoms with Crippen LogP contribution in [0.5, 0.6) is 0 Å². The monoisotopic (exact) mass is 297 g/mol. The largest absolute Gasteiger partial charge is 0.361 e. The van der Waals surface area contributed by atoms with E-state index in [1.165, 1.54) is 18.4 Å². The second kappa shape index (κ2) is 5.43. The number of piperidine rings is 1. The SMILES string of the molecule is CN1CCC(CN2CCc3c[nH]c4cccc(c34)C2=O)CC1. The van der Waals surface area contributed by atoms with Crippen molar-refractivity contribution < 1.29 is 4.79 Å². The van der Waals surface area contributed by atoms with Crippen LogP contribution in [-0.2, 0) is 6.42 Å². The summed E-state index contributed by atoms with van der Waals surface area (Å²) in [5, 5.41) is 1.14. The van der Waals surface area contributed by atoms with Crippen LogP contribution in [0.2, 0.25) is 0 Å². The van der Waals surface area contributed by atoms with Crippen LogP contribution in [0.4, 0.5) is 0 Å². The average molecular weight is 297 g/mol. The quantitative estimate of drug-likeness (QED) is 0.925. The van der Waals surface area contributed by atoms with Crippen LogP contribution in [0.3, 0.4) is 0 Å². The van der Waals surface area contributed by atoms with Gasteiger partial charge in [-0.2, -0.15) is 0 Å². The number of hydrogen-bond donors (Lipinski definition) is 1. The van der Waals surface area contributed by atoms with E-state index in [1.54, 1.807) is 0 Å². The van der Waals surface area contributed by atoms with Crippen LogP contribution >= 0.6 is 0 Å². The molecule has 1 fully saturated rings. The van der Waals surface area contributed by atoms with Gasteiger partial charge in [0.05, 0.1) is 0 Å². The highest BCUT2D eigenvalue weighted by molar-refractivity contribution is 6.08. The number of hydrogen-bond acceptors (Lipinski definition) is 2. The standard InChI is InChI=1S/C18H23N3O/c1-20-8-5-13(6-9-20)12-21-10-7-14-11-19-16-4-2-3-15(17(14)16)18(21)22/h2-4,11,13,19H,5-10,12H2,1H3. The molecule has 2 aromatic rings. The third kappa shape index (κ3) is 2.31. The molecule has 0 bridgehead atoms. The number of carbonyl (C=O) groups is 1. The molecule has 1 saturated heterocycles. The first kappa shape index (κ1) is 13.8. The molecule has 4 rings (SSSR count). The Morgan fingerprint density at radius 3 is 2.86 bits per heavy atom. The van der Waals surface area contributed by atoms with Gasteiger partial charge in [-0.25, -0.2) is 0 Å². The molecule has 4 nitrogen and oxygen atoms in total. The third-order valence-corrected chi connectivity index (χ3v) is 5.27. The lowest BCUT2D eigenvalue weighted by atomic mass is 9.96. The molecule has 1 N–H and O–H groups in total. The minimum atomic E-state index is 0.211. The fraction of sp³-hybridized carbons (Fsp3) is 0.500. The highest BCUT2D eigenvalue weighted by Crippen LogP contribution is 2.28. The van der Waals surface area contributed by atoms with E-state index in [-0.39, 0.29) is 5.91 Å². The van der Waals surface area contributed by atoms with Crippen molar-refractivity contribution in [1.29, 1.82) is 0 Å². The molecule has 0 saturated carbocycles. The first-order valence-corrected chi connectivity index (χ1v) is 8.29. The summed E-state index contributed by atoms with van der Waals surface area (Å²) in [5.74, 6) is 0.862. The van der Waals surface area contributed by atoms with Crippen molar-refractivity contribution in [3.63, 3.8) is 0 Å². The molecule has 0 spiro atoms. The summed E-state index contributed by atoms with van der Waals surface area (Å²) in [4.78, 5) is 20.7. The van der Waals surface area contributed by atoms with E-state index < -0.39 is 0 Å². The molecule has 22 heavy (non-hydrogen) atoms.